The van der Waals surface area contributed by atoms with Crippen LogP contribution in [-0.4, -0.2) is 38.0 Å². The van der Waals surface area contributed by atoms with Crippen LogP contribution in [0.1, 0.15) is 50.5 Å². The number of benzene rings is 1. The lowest BCUT2D eigenvalue weighted by molar-refractivity contribution is -0.149. The predicted octanol–water partition coefficient (Wildman–Crippen LogP) is 2.58. The molecular formula is C24H32N2O5. The van der Waals surface area contributed by atoms with Gasteiger partial charge >= 0.3 is 5.97 Å². The van der Waals surface area contributed by atoms with Gasteiger partial charge in [-0.3, -0.25) is 14.4 Å². The molecule has 0 unspecified atom stereocenters. The molecule has 0 aliphatic heterocycles. The van der Waals surface area contributed by atoms with Crippen LogP contribution < -0.4 is 15.4 Å². The first-order chi connectivity index (χ1) is 15.0. The van der Waals surface area contributed by atoms with E-state index in [1.165, 1.54) is 19.3 Å². The van der Waals surface area contributed by atoms with E-state index in [9.17, 15) is 14.4 Å². The van der Waals surface area contributed by atoms with E-state index >= 15 is 0 Å². The van der Waals surface area contributed by atoms with Crippen LogP contribution in [-0.2, 0) is 25.7 Å². The van der Waals surface area contributed by atoms with Crippen LogP contribution in [0.25, 0.3) is 0 Å². The minimum Gasteiger partial charge on any atom is -0.496 e. The van der Waals surface area contributed by atoms with Gasteiger partial charge in [0.25, 0.3) is 5.91 Å². The van der Waals surface area contributed by atoms with Gasteiger partial charge in [0.15, 0.2) is 6.61 Å². The summed E-state index contributed by atoms with van der Waals surface area (Å²) in [7, 11) is 1.57. The Labute approximate surface area is 183 Å². The third-order valence-corrected chi connectivity index (χ3v) is 7.17. The van der Waals surface area contributed by atoms with E-state index in [1.54, 1.807) is 7.11 Å². The number of hydrogen-bond acceptors (Lipinski definition) is 5. The van der Waals surface area contributed by atoms with Gasteiger partial charge in [-0.2, -0.15) is 0 Å². The molecule has 1 aromatic rings. The second-order valence-corrected chi connectivity index (χ2v) is 9.45. The average Bonchev–Trinajstić information content (AvgIpc) is 2.75. The average molecular weight is 429 g/mol. The van der Waals surface area contributed by atoms with Crippen molar-refractivity contribution in [2.45, 2.75) is 51.5 Å². The van der Waals surface area contributed by atoms with Crippen molar-refractivity contribution in [2.24, 2.45) is 23.2 Å². The highest BCUT2D eigenvalue weighted by Gasteiger charge is 2.54. The van der Waals surface area contributed by atoms with E-state index in [4.69, 9.17) is 9.47 Å². The van der Waals surface area contributed by atoms with Gasteiger partial charge in [0.05, 0.1) is 13.5 Å². The second kappa shape index (κ2) is 9.28. The van der Waals surface area contributed by atoms with E-state index in [1.807, 2.05) is 24.3 Å². The van der Waals surface area contributed by atoms with E-state index in [0.717, 1.165) is 24.8 Å². The monoisotopic (exact) mass is 428 g/mol. The van der Waals surface area contributed by atoms with Gasteiger partial charge in [0.1, 0.15) is 5.75 Å². The predicted molar refractivity (Wildman–Crippen MR) is 114 cm³/mol. The van der Waals surface area contributed by atoms with Crippen LogP contribution in [0, 0.1) is 23.2 Å². The topological polar surface area (TPSA) is 93.7 Å². The van der Waals surface area contributed by atoms with Gasteiger partial charge in [-0.25, -0.2) is 0 Å². The number of methoxy groups -OCH3 is 1. The standard InChI is InChI=1S/C24H32N2O5/c1-30-20-5-3-2-4-19(20)14-26-21(27)15-31-22(28)6-7-25-23(29)24-11-16-8-17(12-24)10-18(9-16)13-24/h2-5,16-18H,6-15H2,1H3,(H,25,29)(H,26,27). The summed E-state index contributed by atoms with van der Waals surface area (Å²) in [6.07, 6.45) is 6.94. The number of carbonyl (C=O) groups is 3. The molecule has 4 aliphatic rings. The molecule has 0 atom stereocenters. The van der Waals surface area contributed by atoms with Gasteiger partial charge in [-0.1, -0.05) is 18.2 Å². The number of hydrogen-bond donors (Lipinski definition) is 2. The van der Waals surface area contributed by atoms with E-state index < -0.39 is 5.97 Å². The molecule has 7 nitrogen and oxygen atoms in total. The maximum absolute atomic E-state index is 12.9. The molecule has 0 radical (unpaired) electrons. The van der Waals surface area contributed by atoms with Crippen molar-refractivity contribution >= 4 is 17.8 Å². The summed E-state index contributed by atoms with van der Waals surface area (Å²) in [6, 6.07) is 7.40. The summed E-state index contributed by atoms with van der Waals surface area (Å²) in [6.45, 7) is 0.209. The zero-order chi connectivity index (χ0) is 21.8. The summed E-state index contributed by atoms with van der Waals surface area (Å²) in [5, 5.41) is 5.68. The third kappa shape index (κ3) is 5.02. The Morgan fingerprint density at radius 1 is 1.00 bits per heavy atom. The number of para-hydroxylation sites is 1. The summed E-state index contributed by atoms with van der Waals surface area (Å²) in [5.74, 6) is 2.04. The first kappa shape index (κ1) is 21.7. The molecule has 1 aromatic carbocycles. The maximum atomic E-state index is 12.9. The molecule has 4 fully saturated rings. The molecule has 0 aromatic heterocycles. The van der Waals surface area contributed by atoms with Crippen molar-refractivity contribution in [3.63, 3.8) is 0 Å². The molecule has 4 bridgehead atoms. The lowest BCUT2D eigenvalue weighted by Crippen LogP contribution is -2.53. The summed E-state index contributed by atoms with van der Waals surface area (Å²) < 4.78 is 10.3. The molecule has 31 heavy (non-hydrogen) atoms. The minimum atomic E-state index is -0.488. The first-order valence-electron chi connectivity index (χ1n) is 11.3. The van der Waals surface area contributed by atoms with Gasteiger partial charge in [-0.15, -0.1) is 0 Å². The fourth-order valence-electron chi connectivity index (χ4n) is 6.17. The van der Waals surface area contributed by atoms with Gasteiger partial charge in [0, 0.05) is 24.1 Å². The highest BCUT2D eigenvalue weighted by Crippen LogP contribution is 2.60. The smallest absolute Gasteiger partial charge is 0.308 e. The molecule has 4 saturated carbocycles. The molecule has 5 rings (SSSR count). The van der Waals surface area contributed by atoms with Crippen LogP contribution in [0.5, 0.6) is 5.75 Å². The first-order valence-corrected chi connectivity index (χ1v) is 11.3. The number of nitrogens with one attached hydrogen (secondary N) is 2. The molecule has 168 valence electrons. The van der Waals surface area contributed by atoms with E-state index in [0.29, 0.717) is 30.0 Å². The van der Waals surface area contributed by atoms with Crippen molar-refractivity contribution in [3.05, 3.63) is 29.8 Å². The largest absolute Gasteiger partial charge is 0.496 e. The van der Waals surface area contributed by atoms with Crippen LogP contribution >= 0.6 is 0 Å². The van der Waals surface area contributed by atoms with Crippen LogP contribution in [0.2, 0.25) is 0 Å². The van der Waals surface area contributed by atoms with Crippen LogP contribution in [0.4, 0.5) is 0 Å². The molecule has 7 heteroatoms. The third-order valence-electron chi connectivity index (χ3n) is 7.17. The zero-order valence-corrected chi connectivity index (χ0v) is 18.2. The molecule has 2 N–H and O–H groups in total. The number of rotatable bonds is 9. The Morgan fingerprint density at radius 3 is 2.29 bits per heavy atom. The summed E-state index contributed by atoms with van der Waals surface area (Å²) in [4.78, 5) is 36.8. The highest BCUT2D eigenvalue weighted by atomic mass is 16.5. The Hall–Kier alpha value is -2.57. The van der Waals surface area contributed by atoms with E-state index in [2.05, 4.69) is 10.6 Å². The van der Waals surface area contributed by atoms with Crippen molar-refractivity contribution in [3.8, 4) is 5.75 Å². The minimum absolute atomic E-state index is 0.0674. The normalized spacial score (nSPS) is 28.1. The van der Waals surface area contributed by atoms with Crippen molar-refractivity contribution in [1.82, 2.24) is 10.6 Å². The maximum Gasteiger partial charge on any atom is 0.308 e. The Bertz CT molecular complexity index is 802. The number of esters is 1. The molecular weight excluding hydrogens is 396 g/mol. The van der Waals surface area contributed by atoms with Gasteiger partial charge in [0.2, 0.25) is 5.91 Å². The molecule has 2 amide bonds. The molecule has 0 saturated heterocycles. The SMILES string of the molecule is COc1ccccc1CNC(=O)COC(=O)CCNC(=O)C12CC3CC(CC(C3)C1)C2. The van der Waals surface area contributed by atoms with Crippen LogP contribution in [0.3, 0.4) is 0 Å². The summed E-state index contributed by atoms with van der Waals surface area (Å²) in [5.41, 5.74) is 0.633. The quantitative estimate of drug-likeness (QED) is 0.590. The Morgan fingerprint density at radius 2 is 1.65 bits per heavy atom. The summed E-state index contributed by atoms with van der Waals surface area (Å²) >= 11 is 0. The fourth-order valence-corrected chi connectivity index (χ4v) is 6.17. The molecule has 4 aliphatic carbocycles. The lowest BCUT2D eigenvalue weighted by atomic mass is 9.49. The van der Waals surface area contributed by atoms with E-state index in [-0.39, 0.29) is 36.8 Å². The Kier molecular flexibility index (Phi) is 6.49. The lowest BCUT2D eigenvalue weighted by Gasteiger charge is -2.55. The van der Waals surface area contributed by atoms with Crippen molar-refractivity contribution in [2.75, 3.05) is 20.3 Å². The fraction of sp³-hybridized carbons (Fsp3) is 0.625. The van der Waals surface area contributed by atoms with Crippen LogP contribution in [0.15, 0.2) is 24.3 Å². The zero-order valence-electron chi connectivity index (χ0n) is 18.2. The Balaban J connectivity index is 1.14. The van der Waals surface area contributed by atoms with Gasteiger partial charge in [-0.05, 0) is 62.3 Å². The second-order valence-electron chi connectivity index (χ2n) is 9.45. The highest BCUT2D eigenvalue weighted by molar-refractivity contribution is 5.84. The number of carbonyl (C=O) groups excluding carboxylic acids is 3. The molecule has 0 heterocycles. The van der Waals surface area contributed by atoms with Gasteiger partial charge < -0.3 is 20.1 Å². The number of ether oxygens (including phenoxy) is 2. The number of amides is 2. The molecule has 0 spiro atoms. The van der Waals surface area contributed by atoms with Crippen molar-refractivity contribution in [1.29, 1.82) is 0 Å². The van der Waals surface area contributed by atoms with Crippen molar-refractivity contribution < 1.29 is 23.9 Å².